The minimum absolute atomic E-state index is 0.0509. The smallest absolute Gasteiger partial charge is 0.166 e. The lowest BCUT2D eigenvalue weighted by Crippen LogP contribution is -2.07. The summed E-state index contributed by atoms with van der Waals surface area (Å²) in [7, 11) is 0. The van der Waals surface area contributed by atoms with E-state index < -0.39 is 0 Å². The van der Waals surface area contributed by atoms with Gasteiger partial charge in [0.25, 0.3) is 0 Å². The van der Waals surface area contributed by atoms with Crippen LogP contribution in [0.25, 0.3) is 41.7 Å². The maximum atomic E-state index is 13.4. The van der Waals surface area contributed by atoms with Crippen LogP contribution in [0.3, 0.4) is 0 Å². The fraction of sp³-hybridized carbons (Fsp3) is 0.207. The molecule has 0 atom stereocenters. The molecule has 6 rings (SSSR count). The third-order valence-electron chi connectivity index (χ3n) is 6.74. The van der Waals surface area contributed by atoms with Crippen LogP contribution < -0.4 is 0 Å². The molecule has 0 spiro atoms. The van der Waals surface area contributed by atoms with Gasteiger partial charge in [-0.1, -0.05) is 24.3 Å². The monoisotopic (exact) mass is 546 g/mol. The maximum absolute atomic E-state index is 13.4. The van der Waals surface area contributed by atoms with Crippen LogP contribution >= 0.6 is 45.8 Å². The van der Waals surface area contributed by atoms with Gasteiger partial charge in [-0.15, -0.1) is 45.8 Å². The van der Waals surface area contributed by atoms with Crippen LogP contribution in [0.15, 0.2) is 40.6 Å². The highest BCUT2D eigenvalue weighted by molar-refractivity contribution is 8.01. The molecule has 0 bridgehead atoms. The van der Waals surface area contributed by atoms with Gasteiger partial charge in [0.2, 0.25) is 0 Å². The van der Waals surface area contributed by atoms with Crippen LogP contribution in [-0.4, -0.2) is 23.1 Å². The molecular formula is C29H22O3S4. The van der Waals surface area contributed by atoms with Crippen molar-refractivity contribution < 1.29 is 14.4 Å². The molecule has 180 valence electrons. The zero-order valence-corrected chi connectivity index (χ0v) is 23.5. The first-order valence-corrected chi connectivity index (χ1v) is 15.1. The van der Waals surface area contributed by atoms with Crippen molar-refractivity contribution in [2.45, 2.75) is 38.3 Å². The Morgan fingerprint density at radius 3 is 1.86 bits per heavy atom. The predicted molar refractivity (Wildman–Crippen MR) is 155 cm³/mol. The number of hydrogen-bond acceptors (Lipinski definition) is 7. The third-order valence-corrected chi connectivity index (χ3v) is 11.4. The lowest BCUT2D eigenvalue weighted by molar-refractivity contribution is 0.0983. The van der Waals surface area contributed by atoms with Gasteiger partial charge < -0.3 is 0 Å². The number of carbonyl (C=O) groups is 3. The highest BCUT2D eigenvalue weighted by Gasteiger charge is 2.32. The van der Waals surface area contributed by atoms with E-state index in [4.69, 9.17) is 0 Å². The molecular weight excluding hydrogens is 525 g/mol. The molecule has 0 unspecified atom stereocenters. The number of thiophene rings is 3. The van der Waals surface area contributed by atoms with E-state index in [-0.39, 0.29) is 17.3 Å². The summed E-state index contributed by atoms with van der Waals surface area (Å²) in [5, 5.41) is 2.21. The van der Waals surface area contributed by atoms with Gasteiger partial charge in [0, 0.05) is 74.8 Å². The summed E-state index contributed by atoms with van der Waals surface area (Å²) in [5.74, 6) is 1.12. The number of Topliss-reactive ketones (excluding diaryl/α,β-unsaturated/α-hetero) is 3. The Balaban J connectivity index is 1.69. The number of rotatable bonds is 4. The fourth-order valence-corrected chi connectivity index (χ4v) is 10.0. The van der Waals surface area contributed by atoms with Crippen molar-refractivity contribution >= 4 is 83.3 Å². The Morgan fingerprint density at radius 1 is 0.722 bits per heavy atom. The number of thioether (sulfide) groups is 1. The van der Waals surface area contributed by atoms with E-state index in [1.807, 2.05) is 30.3 Å². The Hall–Kier alpha value is -2.58. The molecule has 3 aromatic heterocycles. The van der Waals surface area contributed by atoms with Crippen LogP contribution in [0.1, 0.15) is 61.1 Å². The van der Waals surface area contributed by atoms with E-state index in [2.05, 4.69) is 19.9 Å². The van der Waals surface area contributed by atoms with Crippen molar-refractivity contribution in [2.75, 3.05) is 5.75 Å². The van der Waals surface area contributed by atoms with Crippen LogP contribution in [0.2, 0.25) is 0 Å². The summed E-state index contributed by atoms with van der Waals surface area (Å²) in [4.78, 5) is 40.8. The fourth-order valence-electron chi connectivity index (χ4n) is 5.01. The lowest BCUT2D eigenvalue weighted by Gasteiger charge is -2.13. The molecule has 0 saturated heterocycles. The Bertz CT molecular complexity index is 1760. The van der Waals surface area contributed by atoms with E-state index in [0.29, 0.717) is 17.5 Å². The average Bonchev–Trinajstić information content (AvgIpc) is 3.47. The van der Waals surface area contributed by atoms with Crippen molar-refractivity contribution in [1.29, 1.82) is 0 Å². The molecule has 1 aliphatic heterocycles. The largest absolute Gasteiger partial charge is 0.295 e. The van der Waals surface area contributed by atoms with Gasteiger partial charge in [-0.2, -0.15) is 0 Å². The Morgan fingerprint density at radius 2 is 1.28 bits per heavy atom. The van der Waals surface area contributed by atoms with E-state index in [9.17, 15) is 14.4 Å². The predicted octanol–water partition coefficient (Wildman–Crippen LogP) is 9.21. The molecule has 0 amide bonds. The topological polar surface area (TPSA) is 51.2 Å². The standard InChI is InChI=1S/C29H22O3S4/c1-13(30)17-5-7-19-22(11-17)34-15(3)24(19)27-26-21(32)9-10-33-29(26)36-28(27)25-16(4)35-23-12-18(14(2)31)6-8-20(23)25/h5-8,11-12H,9-10H2,1-4H3. The van der Waals surface area contributed by atoms with Crippen LogP contribution in [0.5, 0.6) is 0 Å². The minimum atomic E-state index is 0.0509. The molecule has 0 radical (unpaired) electrons. The minimum Gasteiger partial charge on any atom is -0.295 e. The summed E-state index contributed by atoms with van der Waals surface area (Å²) >= 11 is 6.87. The van der Waals surface area contributed by atoms with Crippen LogP contribution in [-0.2, 0) is 0 Å². The maximum Gasteiger partial charge on any atom is 0.166 e. The molecule has 2 aromatic carbocycles. The summed E-state index contributed by atoms with van der Waals surface area (Å²) in [6, 6.07) is 11.9. The number of ketones is 3. The van der Waals surface area contributed by atoms with Gasteiger partial charge in [-0.3, -0.25) is 14.4 Å². The second-order valence-corrected chi connectivity index (χ2v) is 14.0. The van der Waals surface area contributed by atoms with E-state index in [1.165, 1.54) is 4.88 Å². The summed E-state index contributed by atoms with van der Waals surface area (Å²) in [6.07, 6.45) is 0.543. The molecule has 36 heavy (non-hydrogen) atoms. The zero-order chi connectivity index (χ0) is 25.3. The number of aryl methyl sites for hydroxylation is 2. The van der Waals surface area contributed by atoms with Crippen LogP contribution in [0.4, 0.5) is 0 Å². The van der Waals surface area contributed by atoms with E-state index >= 15 is 0 Å². The van der Waals surface area contributed by atoms with Gasteiger partial charge in [-0.25, -0.2) is 0 Å². The van der Waals surface area contributed by atoms with E-state index in [0.717, 1.165) is 62.1 Å². The van der Waals surface area contributed by atoms with Crippen molar-refractivity contribution in [2.24, 2.45) is 0 Å². The first kappa shape index (κ1) is 23.8. The molecule has 4 heterocycles. The number of fused-ring (bicyclic) bond motifs is 3. The second-order valence-electron chi connectivity index (χ2n) is 9.09. The first-order chi connectivity index (χ1) is 17.2. The Labute approximate surface area is 225 Å². The normalized spacial score (nSPS) is 13.5. The highest BCUT2D eigenvalue weighted by atomic mass is 32.2. The molecule has 0 N–H and O–H groups in total. The lowest BCUT2D eigenvalue weighted by atomic mass is 9.92. The second kappa shape index (κ2) is 8.77. The summed E-state index contributed by atoms with van der Waals surface area (Å²) < 4.78 is 3.24. The van der Waals surface area contributed by atoms with E-state index in [1.54, 1.807) is 59.6 Å². The highest BCUT2D eigenvalue weighted by Crippen LogP contribution is 2.55. The SMILES string of the molecule is CC(=O)c1ccc2c(-c3sc4c(c3-c3c(C)sc5cc(C(C)=O)ccc35)C(=O)CCS4)c(C)sc2c1. The number of carbonyl (C=O) groups excluding carboxylic acids is 3. The average molecular weight is 547 g/mol. The molecule has 1 aliphatic rings. The van der Waals surface area contributed by atoms with Crippen molar-refractivity contribution in [3.05, 3.63) is 62.8 Å². The third kappa shape index (κ3) is 3.64. The molecule has 3 nitrogen and oxygen atoms in total. The van der Waals surface area contributed by atoms with Gasteiger partial charge in [0.1, 0.15) is 0 Å². The van der Waals surface area contributed by atoms with Gasteiger partial charge in [-0.05, 0) is 39.8 Å². The quantitative estimate of drug-likeness (QED) is 0.211. The molecule has 0 saturated carbocycles. The van der Waals surface area contributed by atoms with Gasteiger partial charge in [0.05, 0.1) is 9.77 Å². The molecule has 0 aliphatic carbocycles. The molecule has 5 aromatic rings. The zero-order valence-electron chi connectivity index (χ0n) is 20.2. The number of benzene rings is 2. The first-order valence-electron chi connectivity index (χ1n) is 11.7. The summed E-state index contributed by atoms with van der Waals surface area (Å²) in [5.41, 5.74) is 5.57. The van der Waals surface area contributed by atoms with Crippen molar-refractivity contribution in [1.82, 2.24) is 0 Å². The van der Waals surface area contributed by atoms with Gasteiger partial charge in [0.15, 0.2) is 17.3 Å². The van der Waals surface area contributed by atoms with Gasteiger partial charge >= 0.3 is 0 Å². The number of hydrogen-bond donors (Lipinski definition) is 0. The molecule has 7 heteroatoms. The van der Waals surface area contributed by atoms with Crippen molar-refractivity contribution in [3.63, 3.8) is 0 Å². The summed E-state index contributed by atoms with van der Waals surface area (Å²) in [6.45, 7) is 7.43. The Kier molecular flexibility index (Phi) is 5.80. The van der Waals surface area contributed by atoms with Crippen molar-refractivity contribution in [3.8, 4) is 21.6 Å². The molecule has 0 fully saturated rings. The van der Waals surface area contributed by atoms with Crippen LogP contribution in [0, 0.1) is 13.8 Å².